The van der Waals surface area contributed by atoms with Crippen LogP contribution in [0.2, 0.25) is 0 Å². The van der Waals surface area contributed by atoms with E-state index in [1.807, 2.05) is 24.3 Å². The van der Waals surface area contributed by atoms with Crippen molar-refractivity contribution in [1.29, 1.82) is 0 Å². The average molecular weight is 177 g/mol. The molecule has 0 unspecified atom stereocenters. The lowest BCUT2D eigenvalue weighted by atomic mass is 10.1. The van der Waals surface area contributed by atoms with Crippen molar-refractivity contribution in [3.8, 4) is 0 Å². The number of ether oxygens (including phenoxy) is 1. The molecule has 0 amide bonds. The van der Waals surface area contributed by atoms with E-state index in [0.717, 1.165) is 11.1 Å². The van der Waals surface area contributed by atoms with E-state index >= 15 is 0 Å². The van der Waals surface area contributed by atoms with Gasteiger partial charge in [-0.15, -0.1) is 0 Å². The number of nitrogens with zero attached hydrogens (tertiary/aromatic N) is 3. The van der Waals surface area contributed by atoms with Gasteiger partial charge in [0.2, 0.25) is 0 Å². The number of methoxy groups -OCH3 is 1. The third-order valence-corrected chi connectivity index (χ3v) is 1.65. The molecule has 0 heterocycles. The smallest absolute Gasteiger partial charge is 0.0713 e. The molecule has 0 radical (unpaired) electrons. The molecule has 68 valence electrons. The predicted octanol–water partition coefficient (Wildman–Crippen LogP) is 2.64. The van der Waals surface area contributed by atoms with Gasteiger partial charge in [-0.25, -0.2) is 0 Å². The van der Waals surface area contributed by atoms with Gasteiger partial charge in [-0.05, 0) is 16.7 Å². The Balaban J connectivity index is 2.63. The topological polar surface area (TPSA) is 58.0 Å². The van der Waals surface area contributed by atoms with Crippen LogP contribution < -0.4 is 0 Å². The van der Waals surface area contributed by atoms with Crippen LogP contribution >= 0.6 is 0 Å². The molecule has 0 atom stereocenters. The Morgan fingerprint density at radius 1 is 1.31 bits per heavy atom. The fourth-order valence-corrected chi connectivity index (χ4v) is 1.02. The largest absolute Gasteiger partial charge is 0.380 e. The van der Waals surface area contributed by atoms with Crippen molar-refractivity contribution in [2.75, 3.05) is 7.11 Å². The second kappa shape index (κ2) is 5.19. The Labute approximate surface area is 76.8 Å². The molecule has 0 bridgehead atoms. The molecule has 0 aromatic heterocycles. The van der Waals surface area contributed by atoms with Crippen LogP contribution in [0, 0.1) is 0 Å². The minimum Gasteiger partial charge on any atom is -0.380 e. The summed E-state index contributed by atoms with van der Waals surface area (Å²) in [6.45, 7) is 1.02. The van der Waals surface area contributed by atoms with Crippen molar-refractivity contribution in [2.45, 2.75) is 13.2 Å². The molecule has 1 rings (SSSR count). The maximum atomic E-state index is 8.10. The second-order valence-electron chi connectivity index (χ2n) is 2.64. The first-order valence-corrected chi connectivity index (χ1v) is 3.94. The molecule has 13 heavy (non-hydrogen) atoms. The summed E-state index contributed by atoms with van der Waals surface area (Å²) >= 11 is 0. The van der Waals surface area contributed by atoms with Crippen LogP contribution in [-0.4, -0.2) is 7.11 Å². The van der Waals surface area contributed by atoms with Crippen molar-refractivity contribution >= 4 is 0 Å². The monoisotopic (exact) mass is 177 g/mol. The molecule has 1 aromatic carbocycles. The van der Waals surface area contributed by atoms with Crippen LogP contribution in [-0.2, 0) is 17.9 Å². The van der Waals surface area contributed by atoms with Gasteiger partial charge in [0.05, 0.1) is 13.2 Å². The Hall–Kier alpha value is -1.51. The molecule has 4 nitrogen and oxygen atoms in total. The van der Waals surface area contributed by atoms with E-state index in [1.54, 1.807) is 7.11 Å². The molecular formula is C9H11N3O. The average Bonchev–Trinajstić information content (AvgIpc) is 2.17. The molecule has 4 heteroatoms. The summed E-state index contributed by atoms with van der Waals surface area (Å²) in [6.07, 6.45) is 0. The maximum absolute atomic E-state index is 8.10. The molecule has 0 saturated carbocycles. The summed E-state index contributed by atoms with van der Waals surface area (Å²) in [4.78, 5) is 2.69. The molecule has 0 saturated heterocycles. The number of azide groups is 1. The van der Waals surface area contributed by atoms with Crippen LogP contribution in [0.5, 0.6) is 0 Å². The van der Waals surface area contributed by atoms with Gasteiger partial charge in [0.15, 0.2) is 0 Å². The number of hydrogen-bond donors (Lipinski definition) is 0. The molecule has 0 fully saturated rings. The molecule has 0 N–H and O–H groups in total. The highest BCUT2D eigenvalue weighted by atomic mass is 16.5. The van der Waals surface area contributed by atoms with Crippen LogP contribution in [0.1, 0.15) is 11.1 Å². The molecule has 0 aliphatic carbocycles. The standard InChI is InChI=1S/C9H11N3O/c1-13-7-9-4-2-8(3-5-9)6-11-12-10/h2-5H,6-7H2,1H3. The van der Waals surface area contributed by atoms with Gasteiger partial charge < -0.3 is 4.74 Å². The van der Waals surface area contributed by atoms with Gasteiger partial charge in [-0.3, -0.25) is 0 Å². The summed E-state index contributed by atoms with van der Waals surface area (Å²) in [6, 6.07) is 7.80. The van der Waals surface area contributed by atoms with Crippen molar-refractivity contribution in [1.82, 2.24) is 0 Å². The minimum atomic E-state index is 0.407. The Morgan fingerprint density at radius 3 is 2.46 bits per heavy atom. The molecule has 0 aliphatic heterocycles. The van der Waals surface area contributed by atoms with E-state index in [1.165, 1.54) is 0 Å². The predicted molar refractivity (Wildman–Crippen MR) is 50.0 cm³/mol. The van der Waals surface area contributed by atoms with E-state index in [-0.39, 0.29) is 0 Å². The molecular weight excluding hydrogens is 166 g/mol. The van der Waals surface area contributed by atoms with E-state index in [9.17, 15) is 0 Å². The zero-order chi connectivity index (χ0) is 9.52. The highest BCUT2D eigenvalue weighted by Gasteiger charge is 1.92. The van der Waals surface area contributed by atoms with Crippen molar-refractivity contribution in [3.63, 3.8) is 0 Å². The summed E-state index contributed by atoms with van der Waals surface area (Å²) in [5.41, 5.74) is 10.2. The summed E-state index contributed by atoms with van der Waals surface area (Å²) < 4.78 is 4.97. The van der Waals surface area contributed by atoms with E-state index in [2.05, 4.69) is 10.0 Å². The quantitative estimate of drug-likeness (QED) is 0.396. The summed E-state index contributed by atoms with van der Waals surface area (Å²) in [5, 5.41) is 3.47. The molecule has 1 aromatic rings. The lowest BCUT2D eigenvalue weighted by molar-refractivity contribution is 0.185. The van der Waals surface area contributed by atoms with E-state index in [0.29, 0.717) is 13.2 Å². The molecule has 0 aliphatic rings. The SMILES string of the molecule is COCc1ccc(CN=[N+]=[N-])cc1. The maximum Gasteiger partial charge on any atom is 0.0713 e. The van der Waals surface area contributed by atoms with Crippen molar-refractivity contribution in [3.05, 3.63) is 45.8 Å². The van der Waals surface area contributed by atoms with Gasteiger partial charge in [-0.1, -0.05) is 29.4 Å². The number of hydrogen-bond acceptors (Lipinski definition) is 2. The summed E-state index contributed by atoms with van der Waals surface area (Å²) in [7, 11) is 1.66. The first-order valence-electron chi connectivity index (χ1n) is 3.94. The van der Waals surface area contributed by atoms with Crippen LogP contribution in [0.4, 0.5) is 0 Å². The van der Waals surface area contributed by atoms with Gasteiger partial charge in [0.1, 0.15) is 0 Å². The van der Waals surface area contributed by atoms with Crippen LogP contribution in [0.3, 0.4) is 0 Å². The van der Waals surface area contributed by atoms with Crippen LogP contribution in [0.25, 0.3) is 10.4 Å². The normalized spacial score (nSPS) is 9.31. The van der Waals surface area contributed by atoms with Gasteiger partial charge in [0, 0.05) is 12.0 Å². The Kier molecular flexibility index (Phi) is 3.82. The Morgan fingerprint density at radius 2 is 1.92 bits per heavy atom. The fraction of sp³-hybridized carbons (Fsp3) is 0.333. The third-order valence-electron chi connectivity index (χ3n) is 1.65. The minimum absolute atomic E-state index is 0.407. The first kappa shape index (κ1) is 9.58. The fourth-order valence-electron chi connectivity index (χ4n) is 1.02. The van der Waals surface area contributed by atoms with Gasteiger partial charge >= 0.3 is 0 Å². The lowest BCUT2D eigenvalue weighted by Crippen LogP contribution is -1.87. The van der Waals surface area contributed by atoms with E-state index in [4.69, 9.17) is 10.3 Å². The Bertz CT molecular complexity index is 301. The highest BCUT2D eigenvalue weighted by molar-refractivity contribution is 5.21. The summed E-state index contributed by atoms with van der Waals surface area (Å²) in [5.74, 6) is 0. The second-order valence-corrected chi connectivity index (χ2v) is 2.64. The number of benzene rings is 1. The molecule has 0 spiro atoms. The zero-order valence-electron chi connectivity index (χ0n) is 7.47. The first-order chi connectivity index (χ1) is 6.36. The number of rotatable bonds is 4. The zero-order valence-corrected chi connectivity index (χ0v) is 7.47. The highest BCUT2D eigenvalue weighted by Crippen LogP contribution is 2.06. The van der Waals surface area contributed by atoms with Gasteiger partial charge in [-0.2, -0.15) is 0 Å². The van der Waals surface area contributed by atoms with Crippen molar-refractivity contribution < 1.29 is 4.74 Å². The lowest BCUT2D eigenvalue weighted by Gasteiger charge is -2.00. The van der Waals surface area contributed by atoms with Gasteiger partial charge in [0.25, 0.3) is 0 Å². The van der Waals surface area contributed by atoms with Crippen LogP contribution in [0.15, 0.2) is 29.4 Å². The van der Waals surface area contributed by atoms with E-state index < -0.39 is 0 Å². The van der Waals surface area contributed by atoms with Crippen molar-refractivity contribution in [2.24, 2.45) is 5.11 Å². The third kappa shape index (κ3) is 3.15.